The quantitative estimate of drug-likeness (QED) is 0.705. The summed E-state index contributed by atoms with van der Waals surface area (Å²) in [6.07, 6.45) is 6.29. The third kappa shape index (κ3) is 3.11. The first-order chi connectivity index (χ1) is 7.20. The van der Waals surface area contributed by atoms with E-state index in [1.54, 1.807) is 4.90 Å². The van der Waals surface area contributed by atoms with E-state index >= 15 is 0 Å². The number of rotatable bonds is 3. The summed E-state index contributed by atoms with van der Waals surface area (Å²) in [5.41, 5.74) is 0. The van der Waals surface area contributed by atoms with E-state index < -0.39 is 0 Å². The van der Waals surface area contributed by atoms with Crippen LogP contribution in [0.4, 0.5) is 4.79 Å². The van der Waals surface area contributed by atoms with E-state index in [2.05, 4.69) is 6.92 Å². The van der Waals surface area contributed by atoms with Gasteiger partial charge in [0.1, 0.15) is 0 Å². The second-order valence-electron chi connectivity index (χ2n) is 4.37. The summed E-state index contributed by atoms with van der Waals surface area (Å²) in [5.74, 6) is 0. The molecule has 0 unspecified atom stereocenters. The standard InChI is InChI=1S/C12H24N2O/c1-4-13(3)12(15)14(5-2)11-9-7-6-8-10-11/h11H,4-10H2,1-3H3. The lowest BCUT2D eigenvalue weighted by atomic mass is 9.94. The number of carbonyl (C=O) groups is 1. The molecule has 0 bridgehead atoms. The zero-order chi connectivity index (χ0) is 11.3. The molecule has 88 valence electrons. The molecule has 0 aromatic carbocycles. The minimum atomic E-state index is 0.201. The van der Waals surface area contributed by atoms with Crippen molar-refractivity contribution in [3.05, 3.63) is 0 Å². The maximum absolute atomic E-state index is 12.1. The fourth-order valence-corrected chi connectivity index (χ4v) is 2.30. The fourth-order valence-electron chi connectivity index (χ4n) is 2.30. The Morgan fingerprint density at radius 2 is 1.73 bits per heavy atom. The number of hydrogen-bond donors (Lipinski definition) is 0. The fraction of sp³-hybridized carbons (Fsp3) is 0.917. The number of carbonyl (C=O) groups excluding carboxylic acids is 1. The minimum Gasteiger partial charge on any atom is -0.328 e. The van der Waals surface area contributed by atoms with E-state index in [1.165, 1.54) is 32.1 Å². The molecule has 15 heavy (non-hydrogen) atoms. The topological polar surface area (TPSA) is 23.6 Å². The Morgan fingerprint density at radius 3 is 2.20 bits per heavy atom. The minimum absolute atomic E-state index is 0.201. The third-order valence-electron chi connectivity index (χ3n) is 3.40. The summed E-state index contributed by atoms with van der Waals surface area (Å²) in [6, 6.07) is 0.692. The highest BCUT2D eigenvalue weighted by Gasteiger charge is 2.25. The molecule has 1 fully saturated rings. The van der Waals surface area contributed by atoms with Crippen molar-refractivity contribution in [1.82, 2.24) is 9.80 Å². The second kappa shape index (κ2) is 5.99. The van der Waals surface area contributed by atoms with Crippen molar-refractivity contribution in [3.63, 3.8) is 0 Å². The molecule has 1 rings (SSSR count). The number of nitrogens with zero attached hydrogens (tertiary/aromatic N) is 2. The first-order valence-corrected chi connectivity index (χ1v) is 6.22. The van der Waals surface area contributed by atoms with E-state index in [1.807, 2.05) is 18.9 Å². The maximum Gasteiger partial charge on any atom is 0.319 e. The van der Waals surface area contributed by atoms with Crippen LogP contribution in [0.5, 0.6) is 0 Å². The maximum atomic E-state index is 12.1. The zero-order valence-corrected chi connectivity index (χ0v) is 10.3. The van der Waals surface area contributed by atoms with Gasteiger partial charge in [-0.25, -0.2) is 4.79 Å². The van der Waals surface area contributed by atoms with Crippen molar-refractivity contribution in [3.8, 4) is 0 Å². The molecule has 3 heteroatoms. The van der Waals surface area contributed by atoms with Gasteiger partial charge in [-0.1, -0.05) is 19.3 Å². The molecular formula is C12H24N2O. The molecule has 0 aliphatic heterocycles. The summed E-state index contributed by atoms with van der Waals surface area (Å²) in [7, 11) is 1.88. The lowest BCUT2D eigenvalue weighted by Crippen LogP contribution is -2.47. The average molecular weight is 212 g/mol. The first-order valence-electron chi connectivity index (χ1n) is 6.22. The van der Waals surface area contributed by atoms with Crippen molar-refractivity contribution in [2.45, 2.75) is 52.0 Å². The van der Waals surface area contributed by atoms with Gasteiger partial charge in [-0.3, -0.25) is 0 Å². The van der Waals surface area contributed by atoms with Crippen LogP contribution in [-0.4, -0.2) is 42.0 Å². The molecule has 2 amide bonds. The van der Waals surface area contributed by atoms with Crippen molar-refractivity contribution in [2.75, 3.05) is 20.1 Å². The molecular weight excluding hydrogens is 188 g/mol. The van der Waals surface area contributed by atoms with Crippen LogP contribution in [0.15, 0.2) is 0 Å². The van der Waals surface area contributed by atoms with Crippen molar-refractivity contribution in [1.29, 1.82) is 0 Å². The van der Waals surface area contributed by atoms with Gasteiger partial charge in [-0.05, 0) is 26.7 Å². The number of amides is 2. The number of hydrogen-bond acceptors (Lipinski definition) is 1. The van der Waals surface area contributed by atoms with E-state index in [0.717, 1.165) is 13.1 Å². The van der Waals surface area contributed by atoms with Gasteiger partial charge in [-0.15, -0.1) is 0 Å². The number of urea groups is 1. The van der Waals surface area contributed by atoms with E-state index in [9.17, 15) is 4.79 Å². The molecule has 0 saturated heterocycles. The highest BCUT2D eigenvalue weighted by Crippen LogP contribution is 2.23. The summed E-state index contributed by atoms with van der Waals surface area (Å²) < 4.78 is 0. The van der Waals surface area contributed by atoms with Crippen molar-refractivity contribution < 1.29 is 4.79 Å². The van der Waals surface area contributed by atoms with Gasteiger partial charge in [0.05, 0.1) is 0 Å². The van der Waals surface area contributed by atoms with Gasteiger partial charge >= 0.3 is 6.03 Å². The van der Waals surface area contributed by atoms with Gasteiger partial charge in [0.15, 0.2) is 0 Å². The van der Waals surface area contributed by atoms with Crippen molar-refractivity contribution >= 4 is 6.03 Å². The summed E-state index contributed by atoms with van der Waals surface area (Å²) in [6.45, 7) is 5.73. The molecule has 3 nitrogen and oxygen atoms in total. The Kier molecular flexibility index (Phi) is 4.92. The highest BCUT2D eigenvalue weighted by molar-refractivity contribution is 5.74. The Balaban J connectivity index is 2.56. The largest absolute Gasteiger partial charge is 0.328 e. The van der Waals surface area contributed by atoms with Crippen LogP contribution in [0.3, 0.4) is 0 Å². The van der Waals surface area contributed by atoms with Crippen LogP contribution in [0.2, 0.25) is 0 Å². The molecule has 0 radical (unpaired) electrons. The van der Waals surface area contributed by atoms with Crippen LogP contribution in [-0.2, 0) is 0 Å². The Labute approximate surface area is 93.4 Å². The summed E-state index contributed by atoms with van der Waals surface area (Å²) >= 11 is 0. The van der Waals surface area contributed by atoms with Gasteiger partial charge in [-0.2, -0.15) is 0 Å². The SMILES string of the molecule is CCN(C)C(=O)N(CC)C1CCCCC1. The summed E-state index contributed by atoms with van der Waals surface area (Å²) in [5, 5.41) is 0. The molecule has 0 heterocycles. The summed E-state index contributed by atoms with van der Waals surface area (Å²) in [4.78, 5) is 15.9. The van der Waals surface area contributed by atoms with Crippen LogP contribution < -0.4 is 0 Å². The van der Waals surface area contributed by atoms with Crippen LogP contribution in [0.1, 0.15) is 46.0 Å². The lowest BCUT2D eigenvalue weighted by Gasteiger charge is -2.35. The van der Waals surface area contributed by atoms with Crippen LogP contribution in [0.25, 0.3) is 0 Å². The molecule has 0 aromatic heterocycles. The van der Waals surface area contributed by atoms with Gasteiger partial charge < -0.3 is 9.80 Å². The van der Waals surface area contributed by atoms with E-state index in [-0.39, 0.29) is 6.03 Å². The Bertz CT molecular complexity index is 200. The average Bonchev–Trinajstić information content (AvgIpc) is 2.30. The third-order valence-corrected chi connectivity index (χ3v) is 3.40. The van der Waals surface area contributed by atoms with Crippen molar-refractivity contribution in [2.24, 2.45) is 0 Å². The Morgan fingerprint density at radius 1 is 1.13 bits per heavy atom. The normalized spacial score (nSPS) is 17.5. The smallest absolute Gasteiger partial charge is 0.319 e. The van der Waals surface area contributed by atoms with Crippen LogP contribution >= 0.6 is 0 Å². The zero-order valence-electron chi connectivity index (χ0n) is 10.3. The molecule has 0 N–H and O–H groups in total. The van der Waals surface area contributed by atoms with Gasteiger partial charge in [0, 0.05) is 26.2 Å². The Hall–Kier alpha value is -0.730. The molecule has 1 aliphatic rings. The van der Waals surface area contributed by atoms with Gasteiger partial charge in [0.2, 0.25) is 0 Å². The van der Waals surface area contributed by atoms with E-state index in [4.69, 9.17) is 0 Å². The highest BCUT2D eigenvalue weighted by atomic mass is 16.2. The molecule has 1 aliphatic carbocycles. The molecule has 1 saturated carbocycles. The predicted molar refractivity (Wildman–Crippen MR) is 63.0 cm³/mol. The molecule has 0 spiro atoms. The monoisotopic (exact) mass is 212 g/mol. The molecule has 0 aromatic rings. The molecule has 0 atom stereocenters. The van der Waals surface area contributed by atoms with Crippen LogP contribution in [0, 0.1) is 0 Å². The van der Waals surface area contributed by atoms with Gasteiger partial charge in [0.25, 0.3) is 0 Å². The predicted octanol–water partition coefficient (Wildman–Crippen LogP) is 2.71. The first kappa shape index (κ1) is 12.3. The lowest BCUT2D eigenvalue weighted by molar-refractivity contribution is 0.132. The van der Waals surface area contributed by atoms with E-state index in [0.29, 0.717) is 6.04 Å². The second-order valence-corrected chi connectivity index (χ2v) is 4.37.